The summed E-state index contributed by atoms with van der Waals surface area (Å²) in [4.78, 5) is 14.6. The van der Waals surface area contributed by atoms with Gasteiger partial charge in [0.2, 0.25) is 0 Å². The molecule has 1 aromatic carbocycles. The Morgan fingerprint density at radius 3 is 2.55 bits per heavy atom. The van der Waals surface area contributed by atoms with Gasteiger partial charge in [-0.2, -0.15) is 0 Å². The van der Waals surface area contributed by atoms with Crippen molar-refractivity contribution in [3.63, 3.8) is 0 Å². The first kappa shape index (κ1) is 15.5. The molecular weight excluding hydrogens is 361 g/mol. The van der Waals surface area contributed by atoms with Gasteiger partial charge in [-0.3, -0.25) is 4.79 Å². The second-order valence-corrected chi connectivity index (χ2v) is 7.50. The number of aryl methyl sites for hydroxylation is 1. The zero-order chi connectivity index (χ0) is 14.9. The average Bonchev–Trinajstić information content (AvgIpc) is 2.40. The summed E-state index contributed by atoms with van der Waals surface area (Å²) in [6.45, 7) is 10.3. The molecule has 1 aromatic rings. The fourth-order valence-corrected chi connectivity index (χ4v) is 3.11. The third-order valence-corrected chi connectivity index (χ3v) is 5.31. The van der Waals surface area contributed by atoms with Gasteiger partial charge in [0, 0.05) is 16.7 Å². The number of hydrogen-bond donors (Lipinski definition) is 0. The third-order valence-electron chi connectivity index (χ3n) is 3.88. The molecule has 2 nitrogen and oxygen atoms in total. The monoisotopic (exact) mass is 383 g/mol. The molecular formula is C17H22INO. The molecule has 1 heterocycles. The number of hydrogen-bond acceptors (Lipinski definition) is 1. The van der Waals surface area contributed by atoms with Crippen LogP contribution in [-0.4, -0.2) is 23.9 Å². The van der Waals surface area contributed by atoms with Gasteiger partial charge in [0.15, 0.2) is 0 Å². The highest BCUT2D eigenvalue weighted by Gasteiger charge is 2.25. The molecule has 0 saturated heterocycles. The van der Waals surface area contributed by atoms with Crippen LogP contribution in [0.3, 0.4) is 0 Å². The van der Waals surface area contributed by atoms with Crippen molar-refractivity contribution in [2.75, 3.05) is 13.1 Å². The van der Waals surface area contributed by atoms with E-state index in [2.05, 4.69) is 49.4 Å². The van der Waals surface area contributed by atoms with Gasteiger partial charge in [0.25, 0.3) is 5.91 Å². The van der Waals surface area contributed by atoms with Crippen LogP contribution in [0.2, 0.25) is 0 Å². The minimum atomic E-state index is 0.155. The Labute approximate surface area is 135 Å². The van der Waals surface area contributed by atoms with Crippen molar-refractivity contribution in [3.8, 4) is 0 Å². The molecule has 0 radical (unpaired) electrons. The van der Waals surface area contributed by atoms with E-state index in [1.807, 2.05) is 30.0 Å². The molecule has 0 atom stereocenters. The molecule has 0 unspecified atom stereocenters. The van der Waals surface area contributed by atoms with Crippen molar-refractivity contribution >= 4 is 28.5 Å². The van der Waals surface area contributed by atoms with Gasteiger partial charge in [-0.05, 0) is 53.0 Å². The lowest BCUT2D eigenvalue weighted by Crippen LogP contribution is -2.36. The Hall–Kier alpha value is -0.840. The van der Waals surface area contributed by atoms with E-state index in [9.17, 15) is 4.79 Å². The number of benzene rings is 1. The normalized spacial score (nSPS) is 16.1. The van der Waals surface area contributed by atoms with E-state index >= 15 is 0 Å². The minimum absolute atomic E-state index is 0.155. The first-order valence-electron chi connectivity index (χ1n) is 7.04. The van der Waals surface area contributed by atoms with E-state index in [4.69, 9.17) is 0 Å². The fraction of sp³-hybridized carbons (Fsp3) is 0.471. The highest BCUT2D eigenvalue weighted by Crippen LogP contribution is 2.30. The van der Waals surface area contributed by atoms with Crippen LogP contribution in [0.4, 0.5) is 0 Å². The molecule has 20 heavy (non-hydrogen) atoms. The fourth-order valence-electron chi connectivity index (χ4n) is 2.52. The topological polar surface area (TPSA) is 20.3 Å². The van der Waals surface area contributed by atoms with Crippen LogP contribution in [0, 0.1) is 15.9 Å². The maximum Gasteiger partial charge on any atom is 0.255 e. The second-order valence-electron chi connectivity index (χ2n) is 6.42. The highest BCUT2D eigenvalue weighted by molar-refractivity contribution is 14.1. The first-order chi connectivity index (χ1) is 9.30. The van der Waals surface area contributed by atoms with Gasteiger partial charge in [0.1, 0.15) is 0 Å². The van der Waals surface area contributed by atoms with Crippen LogP contribution in [0.15, 0.2) is 29.8 Å². The molecule has 3 heteroatoms. The van der Waals surface area contributed by atoms with Crippen molar-refractivity contribution in [2.45, 2.75) is 34.1 Å². The molecule has 0 fully saturated rings. The largest absolute Gasteiger partial charge is 0.335 e. The molecule has 0 aliphatic carbocycles. The van der Waals surface area contributed by atoms with Gasteiger partial charge in [0.05, 0.1) is 5.56 Å². The van der Waals surface area contributed by atoms with Crippen LogP contribution in [0.5, 0.6) is 0 Å². The summed E-state index contributed by atoms with van der Waals surface area (Å²) in [5.74, 6) is 0.155. The van der Waals surface area contributed by atoms with Crippen molar-refractivity contribution in [1.29, 1.82) is 0 Å². The van der Waals surface area contributed by atoms with Gasteiger partial charge in [-0.1, -0.05) is 44.6 Å². The van der Waals surface area contributed by atoms with E-state index in [1.54, 1.807) is 0 Å². The summed E-state index contributed by atoms with van der Waals surface area (Å²) in [5, 5.41) is 0. The number of carbonyl (C=O) groups excluding carboxylic acids is 1. The van der Waals surface area contributed by atoms with E-state index in [0.29, 0.717) is 0 Å². The average molecular weight is 383 g/mol. The summed E-state index contributed by atoms with van der Waals surface area (Å²) in [6, 6.07) is 5.94. The summed E-state index contributed by atoms with van der Waals surface area (Å²) in [7, 11) is 0. The number of carbonyl (C=O) groups is 1. The molecule has 0 aromatic heterocycles. The standard InChI is InChI=1S/C17H22INO/c1-12-6-5-7-14(15(12)18)16(20)19-10-8-13(9-11-19)17(2,3)4/h5-8H,9-11H2,1-4H3. The van der Waals surface area contributed by atoms with Gasteiger partial charge in [-0.25, -0.2) is 0 Å². The number of rotatable bonds is 1. The minimum Gasteiger partial charge on any atom is -0.335 e. The van der Waals surface area contributed by atoms with E-state index in [-0.39, 0.29) is 11.3 Å². The van der Waals surface area contributed by atoms with E-state index in [0.717, 1.165) is 28.6 Å². The second kappa shape index (κ2) is 5.88. The highest BCUT2D eigenvalue weighted by atomic mass is 127. The maximum atomic E-state index is 12.6. The molecule has 108 valence electrons. The van der Waals surface area contributed by atoms with Gasteiger partial charge < -0.3 is 4.90 Å². The van der Waals surface area contributed by atoms with Crippen LogP contribution in [-0.2, 0) is 0 Å². The Kier molecular flexibility index (Phi) is 4.57. The van der Waals surface area contributed by atoms with Gasteiger partial charge in [-0.15, -0.1) is 0 Å². The van der Waals surface area contributed by atoms with Gasteiger partial charge >= 0.3 is 0 Å². The maximum absolute atomic E-state index is 12.6. The molecule has 0 N–H and O–H groups in total. The summed E-state index contributed by atoms with van der Waals surface area (Å²) in [6.07, 6.45) is 3.21. The zero-order valence-corrected chi connectivity index (χ0v) is 14.8. The predicted octanol–water partition coefficient (Wildman–Crippen LogP) is 4.42. The SMILES string of the molecule is Cc1cccc(C(=O)N2CC=C(C(C)(C)C)CC2)c1I. The third kappa shape index (κ3) is 3.25. The molecule has 1 amide bonds. The van der Waals surface area contributed by atoms with Crippen molar-refractivity contribution in [3.05, 3.63) is 44.5 Å². The molecule has 2 rings (SSSR count). The molecule has 1 aliphatic rings. The number of halogens is 1. The lowest BCUT2D eigenvalue weighted by atomic mass is 9.83. The van der Waals surface area contributed by atoms with Crippen LogP contribution in [0.25, 0.3) is 0 Å². The van der Waals surface area contributed by atoms with Crippen LogP contribution in [0.1, 0.15) is 43.1 Å². The lowest BCUT2D eigenvalue weighted by Gasteiger charge is -2.32. The van der Waals surface area contributed by atoms with Crippen LogP contribution < -0.4 is 0 Å². The summed E-state index contributed by atoms with van der Waals surface area (Å²) < 4.78 is 1.07. The lowest BCUT2D eigenvalue weighted by molar-refractivity contribution is 0.0764. The molecule has 1 aliphatic heterocycles. The van der Waals surface area contributed by atoms with Crippen molar-refractivity contribution in [2.24, 2.45) is 5.41 Å². The van der Waals surface area contributed by atoms with Crippen molar-refractivity contribution in [1.82, 2.24) is 4.90 Å². The first-order valence-corrected chi connectivity index (χ1v) is 8.12. The Morgan fingerprint density at radius 1 is 1.30 bits per heavy atom. The Balaban J connectivity index is 2.17. The quantitative estimate of drug-likeness (QED) is 0.520. The predicted molar refractivity (Wildman–Crippen MR) is 92.0 cm³/mol. The molecule has 0 bridgehead atoms. The number of amides is 1. The zero-order valence-electron chi connectivity index (χ0n) is 12.7. The van der Waals surface area contributed by atoms with E-state index in [1.165, 1.54) is 11.1 Å². The van der Waals surface area contributed by atoms with Crippen LogP contribution >= 0.6 is 22.6 Å². The van der Waals surface area contributed by atoms with E-state index < -0.39 is 0 Å². The Morgan fingerprint density at radius 2 is 2.00 bits per heavy atom. The molecule has 0 saturated carbocycles. The summed E-state index contributed by atoms with van der Waals surface area (Å²) in [5.41, 5.74) is 3.67. The van der Waals surface area contributed by atoms with Crippen molar-refractivity contribution < 1.29 is 4.79 Å². The summed E-state index contributed by atoms with van der Waals surface area (Å²) >= 11 is 2.27. The Bertz CT molecular complexity index is 555. The number of nitrogens with zero attached hydrogens (tertiary/aromatic N) is 1. The smallest absolute Gasteiger partial charge is 0.255 e. The molecule has 0 spiro atoms.